The van der Waals surface area contributed by atoms with Crippen LogP contribution in [0.5, 0.6) is 40.2 Å². The number of phenols is 5. The number of sulfonamides is 1. The Morgan fingerprint density at radius 2 is 1.03 bits per heavy atom. The number of aromatic nitrogens is 2. The number of unbranched alkanes of at least 4 members (excludes halogenated alkanes) is 5. The van der Waals surface area contributed by atoms with Crippen molar-refractivity contribution >= 4 is 113 Å². The molecule has 12 rings (SSSR count). The fourth-order valence-corrected chi connectivity index (χ4v) is 13.8. The first-order valence-corrected chi connectivity index (χ1v) is 37.6. The first kappa shape index (κ1) is 80.8. The van der Waals surface area contributed by atoms with E-state index in [1.54, 1.807) is 19.1 Å². The lowest BCUT2D eigenvalue weighted by atomic mass is 9.75. The SMILES string of the molecule is CCOc1cccc2c(NCCCCCCCCNc3c4ccccc4nc4c(OCC)cccc34)c3ccccc3nc12.C[C@@H]1C[C@](OC(=O)/C=C/c2ccc(O)c(O)c2)(C(=O)O)C[C@@H](O)[C@H]1OC(=O)/C=C/c1ccc(O)c(O)c1.O=C(CNS(=O)(=O)c1ccc(-c2ccccc2)cc1)Nc1ccc(C(=O)O)c(O)c1. The quantitative estimate of drug-likeness (QED) is 0.00681. The number of carbonyl (C=O) groups is 5. The number of rotatable bonds is 29. The zero-order valence-electron chi connectivity index (χ0n) is 61.1. The van der Waals surface area contributed by atoms with E-state index < -0.39 is 88.0 Å². The third-order valence-corrected chi connectivity index (χ3v) is 19.7. The number of fused-ring (bicyclic) bond motifs is 4. The molecule has 9 aromatic carbocycles. The molecule has 26 heteroatoms. The molecule has 0 bridgehead atoms. The van der Waals surface area contributed by atoms with E-state index in [9.17, 15) is 68.1 Å². The number of aromatic hydroxyl groups is 5. The van der Waals surface area contributed by atoms with E-state index in [1.807, 2.05) is 68.4 Å². The zero-order valence-corrected chi connectivity index (χ0v) is 61.9. The summed E-state index contributed by atoms with van der Waals surface area (Å²) in [6.45, 7) is 8.16. The van der Waals surface area contributed by atoms with Gasteiger partial charge >= 0.3 is 23.9 Å². The van der Waals surface area contributed by atoms with Crippen LogP contribution in [0, 0.1) is 5.92 Å². The van der Waals surface area contributed by atoms with Crippen LogP contribution in [0.25, 0.3) is 66.9 Å². The first-order valence-electron chi connectivity index (χ1n) is 36.1. The predicted octanol–water partition coefficient (Wildman–Crippen LogP) is 14.7. The van der Waals surface area contributed by atoms with Crippen LogP contribution in [-0.4, -0.2) is 140 Å². The minimum Gasteiger partial charge on any atom is -0.507 e. The van der Waals surface area contributed by atoms with Gasteiger partial charge in [0.15, 0.2) is 23.0 Å². The number of carboxylic acids is 2. The number of aliphatic hydroxyl groups is 1. The summed E-state index contributed by atoms with van der Waals surface area (Å²) in [5.74, 6) is -6.29. The van der Waals surface area contributed by atoms with E-state index in [-0.39, 0.29) is 39.8 Å². The Labute approximate surface area is 640 Å². The number of benzene rings is 9. The van der Waals surface area contributed by atoms with Crippen molar-refractivity contribution in [2.75, 3.05) is 48.8 Å². The van der Waals surface area contributed by atoms with Crippen LogP contribution in [0.3, 0.4) is 0 Å². The third-order valence-electron chi connectivity index (χ3n) is 18.3. The summed E-state index contributed by atoms with van der Waals surface area (Å²) in [4.78, 5) is 69.5. The zero-order chi connectivity index (χ0) is 79.2. The van der Waals surface area contributed by atoms with E-state index in [0.717, 1.165) is 128 Å². The monoisotopic (exact) mass is 1530 g/mol. The number of amides is 1. The molecular weight excluding hydrogens is 1440 g/mol. The number of aromatic carboxylic acids is 1. The number of carboxylic acid groups (broad SMARTS) is 2. The molecule has 1 aliphatic rings. The van der Waals surface area contributed by atoms with E-state index >= 15 is 0 Å². The van der Waals surface area contributed by atoms with Crippen LogP contribution >= 0.6 is 0 Å². The molecule has 0 spiro atoms. The Morgan fingerprint density at radius 1 is 0.532 bits per heavy atom. The summed E-state index contributed by atoms with van der Waals surface area (Å²) in [7, 11) is -3.91. The number of nitrogens with one attached hydrogen (secondary N) is 4. The second-order valence-corrected chi connectivity index (χ2v) is 28.0. The van der Waals surface area contributed by atoms with Gasteiger partial charge in [-0.2, -0.15) is 0 Å². The lowest BCUT2D eigenvalue weighted by molar-refractivity contribution is -0.199. The second-order valence-electron chi connectivity index (χ2n) is 26.2. The van der Waals surface area contributed by atoms with Gasteiger partial charge in [0.25, 0.3) is 0 Å². The van der Waals surface area contributed by atoms with Gasteiger partial charge in [0.05, 0.1) is 53.2 Å². The van der Waals surface area contributed by atoms with Crippen molar-refractivity contribution in [3.63, 3.8) is 0 Å². The van der Waals surface area contributed by atoms with Gasteiger partial charge in [0, 0.05) is 77.3 Å². The molecule has 0 saturated heterocycles. The lowest BCUT2D eigenvalue weighted by Gasteiger charge is -2.42. The highest BCUT2D eigenvalue weighted by atomic mass is 32.2. The molecular formula is C85H86N6O19S. The fourth-order valence-electron chi connectivity index (χ4n) is 12.8. The molecule has 4 atom stereocenters. The molecule has 12 N–H and O–H groups in total. The van der Waals surface area contributed by atoms with Gasteiger partial charge in [0.2, 0.25) is 21.5 Å². The van der Waals surface area contributed by atoms with Crippen molar-refractivity contribution in [3.05, 3.63) is 223 Å². The number of phenolic OH excluding ortho intramolecular Hbond substituents is 4. The lowest BCUT2D eigenvalue weighted by Crippen LogP contribution is -2.56. The Morgan fingerprint density at radius 3 is 1.52 bits per heavy atom. The number of para-hydroxylation sites is 4. The molecule has 1 amide bonds. The highest BCUT2D eigenvalue weighted by Gasteiger charge is 2.53. The van der Waals surface area contributed by atoms with Crippen molar-refractivity contribution < 1.29 is 92.2 Å². The van der Waals surface area contributed by atoms with E-state index in [0.29, 0.717) is 24.3 Å². The number of anilines is 3. The summed E-state index contributed by atoms with van der Waals surface area (Å²) < 4.78 is 49.4. The smallest absolute Gasteiger partial charge is 0.348 e. The van der Waals surface area contributed by atoms with E-state index in [1.165, 1.54) is 92.4 Å². The number of ether oxygens (including phenoxy) is 4. The number of nitrogens with zero attached hydrogens (tertiary/aromatic N) is 2. The molecule has 576 valence electrons. The average Bonchev–Trinajstić information content (AvgIpc) is 0.775. The number of hydrogen-bond donors (Lipinski definition) is 12. The first-order chi connectivity index (χ1) is 53.4. The number of esters is 2. The van der Waals surface area contributed by atoms with Crippen LogP contribution in [0.2, 0.25) is 0 Å². The Kier molecular flexibility index (Phi) is 27.5. The second kappa shape index (κ2) is 37.8. The summed E-state index contributed by atoms with van der Waals surface area (Å²) in [6.07, 6.45) is 8.46. The minimum absolute atomic E-state index is 0.0124. The molecule has 111 heavy (non-hydrogen) atoms. The predicted molar refractivity (Wildman–Crippen MR) is 425 cm³/mol. The van der Waals surface area contributed by atoms with Gasteiger partial charge in [-0.3, -0.25) is 4.79 Å². The molecule has 0 aliphatic heterocycles. The largest absolute Gasteiger partial charge is 0.507 e. The fraction of sp³-hybridized carbons (Fsp3) is 0.235. The molecule has 0 radical (unpaired) electrons. The van der Waals surface area contributed by atoms with Crippen molar-refractivity contribution in [2.45, 2.75) is 94.8 Å². The highest BCUT2D eigenvalue weighted by Crippen LogP contribution is 2.40. The Bertz CT molecular complexity index is 5180. The summed E-state index contributed by atoms with van der Waals surface area (Å²) in [5.41, 5.74) is 6.44. The van der Waals surface area contributed by atoms with Crippen LogP contribution < -0.4 is 30.1 Å². The van der Waals surface area contributed by atoms with E-state index in [4.69, 9.17) is 34.0 Å². The van der Waals surface area contributed by atoms with Gasteiger partial charge in [-0.1, -0.05) is 148 Å². The third kappa shape index (κ3) is 21.1. The number of aliphatic carboxylic acids is 1. The maximum atomic E-state index is 12.4. The van der Waals surface area contributed by atoms with Crippen molar-refractivity contribution in [2.24, 2.45) is 5.92 Å². The van der Waals surface area contributed by atoms with Gasteiger partial charge in [-0.05, 0) is 134 Å². The van der Waals surface area contributed by atoms with Crippen LogP contribution in [0.1, 0.15) is 93.6 Å². The standard InChI is InChI=1S/C38H42N4O2.C26H26O11.C21H18N2O6S/c1-3-43-33-23-15-19-29-35(27-17-9-11-21-31(27)41-37(29)33)39-25-13-7-5-6-8-14-26-40-36-28-18-10-12-22-32(28)42-38-30(36)20-16-24-34(38)44-4-2;1-14-12-26(25(34)35,37-23(33)9-5-16-3-7-18(28)20(30)11-16)13-21(31)24(14)36-22(32)8-4-15-2-6-17(27)19(29)10-15;24-19-12-16(8-11-18(19)21(26)27)23-20(25)13-22-30(28,29)17-9-6-15(7-10-17)14-4-2-1-3-5-14/h9-12,15-24H,3-8,13-14,25-26H2,1-2H3,(H,39,41)(H,40,42);2-11,14,21,24,27-31H,12-13H2,1H3,(H,34,35);1-12,22,24H,13H2,(H,23,25)(H,26,27)/b;8-4+,9-5+;/t;14-,21-,24+,26-;/m.1./s1. The van der Waals surface area contributed by atoms with Gasteiger partial charge in [-0.25, -0.2) is 42.3 Å². The van der Waals surface area contributed by atoms with Crippen LogP contribution in [0.15, 0.2) is 211 Å². The molecule has 2 heterocycles. The summed E-state index contributed by atoms with van der Waals surface area (Å²) in [6, 6.07) is 56.1. The molecule has 2 aromatic heterocycles. The molecule has 0 unspecified atom stereocenters. The molecule has 1 fully saturated rings. The molecule has 11 aromatic rings. The molecule has 25 nitrogen and oxygen atoms in total. The van der Waals surface area contributed by atoms with E-state index in [2.05, 4.69) is 81.3 Å². The maximum absolute atomic E-state index is 12.4. The number of aliphatic hydroxyl groups excluding tert-OH is 1. The minimum atomic E-state index is -3.91. The number of hydrogen-bond acceptors (Lipinski definition) is 21. The maximum Gasteiger partial charge on any atom is 0.348 e. The van der Waals surface area contributed by atoms with Crippen molar-refractivity contribution in [1.82, 2.24) is 14.7 Å². The van der Waals surface area contributed by atoms with Gasteiger partial charge in [-0.15, -0.1) is 0 Å². The van der Waals surface area contributed by atoms with Crippen LogP contribution in [0.4, 0.5) is 17.1 Å². The van der Waals surface area contributed by atoms with Crippen LogP contribution in [-0.2, 0) is 38.7 Å². The summed E-state index contributed by atoms with van der Waals surface area (Å²) >= 11 is 0. The van der Waals surface area contributed by atoms with Crippen molar-refractivity contribution in [3.8, 4) is 51.4 Å². The topological polar surface area (TPSA) is 392 Å². The number of pyridine rings is 2. The van der Waals surface area contributed by atoms with Gasteiger partial charge < -0.3 is 75.8 Å². The van der Waals surface area contributed by atoms with Gasteiger partial charge in [0.1, 0.15) is 39.9 Å². The number of carbonyl (C=O) groups excluding carboxylic acids is 3. The molecule has 1 saturated carbocycles. The Balaban J connectivity index is 0.000000180. The van der Waals surface area contributed by atoms with Crippen molar-refractivity contribution in [1.29, 1.82) is 0 Å². The normalized spacial score (nSPS) is 15.4. The highest BCUT2D eigenvalue weighted by molar-refractivity contribution is 7.89. The Hall–Kier alpha value is -12.8. The molecule has 1 aliphatic carbocycles. The average molecular weight is 1530 g/mol. The summed E-state index contributed by atoms with van der Waals surface area (Å²) in [5, 5.41) is 91.1.